The van der Waals surface area contributed by atoms with Gasteiger partial charge in [0.2, 0.25) is 0 Å². The number of benzene rings is 1. The van der Waals surface area contributed by atoms with E-state index in [4.69, 9.17) is 0 Å². The van der Waals surface area contributed by atoms with Gasteiger partial charge < -0.3 is 4.57 Å². The van der Waals surface area contributed by atoms with Gasteiger partial charge in [-0.25, -0.2) is 0 Å². The van der Waals surface area contributed by atoms with Crippen molar-refractivity contribution in [1.29, 1.82) is 0 Å². The largest absolute Gasteiger partial charge is 0.318 e. The van der Waals surface area contributed by atoms with Gasteiger partial charge in [-0.2, -0.15) is 0 Å². The minimum absolute atomic E-state index is 0.0709. The van der Waals surface area contributed by atoms with E-state index in [1.54, 1.807) is 11.6 Å². The van der Waals surface area contributed by atoms with Gasteiger partial charge in [-0.15, -0.1) is 0 Å². The Morgan fingerprint density at radius 3 is 2.39 bits per heavy atom. The predicted octanol–water partition coefficient (Wildman–Crippen LogP) is 3.23. The highest BCUT2D eigenvalue weighted by Crippen LogP contribution is 2.22. The highest BCUT2D eigenvalue weighted by molar-refractivity contribution is 5.64. The predicted molar refractivity (Wildman–Crippen MR) is 76.0 cm³/mol. The van der Waals surface area contributed by atoms with Crippen LogP contribution in [0, 0.1) is 13.8 Å². The molecule has 2 heteroatoms. The molecule has 0 aliphatic heterocycles. The van der Waals surface area contributed by atoms with Crippen molar-refractivity contribution in [3.63, 3.8) is 0 Å². The third-order valence-corrected chi connectivity index (χ3v) is 3.43. The smallest absolute Gasteiger partial charge is 0.253 e. The van der Waals surface area contributed by atoms with Crippen LogP contribution < -0.4 is 5.56 Å². The minimum Gasteiger partial charge on any atom is -0.318 e. The zero-order chi connectivity index (χ0) is 13.3. The standard InChI is InChI=1S/C16H19NO/c1-5-13-9-14(7-6-11(13)2)15-8-12(3)16(18)17(4)10-15/h6-10H,5H2,1-4H3. The molecule has 0 unspecified atom stereocenters. The Hall–Kier alpha value is -1.83. The molecule has 0 atom stereocenters. The normalized spacial score (nSPS) is 10.7. The monoisotopic (exact) mass is 241 g/mol. The van der Waals surface area contributed by atoms with Crippen LogP contribution in [0.3, 0.4) is 0 Å². The highest BCUT2D eigenvalue weighted by Gasteiger charge is 2.05. The van der Waals surface area contributed by atoms with Crippen LogP contribution >= 0.6 is 0 Å². The van der Waals surface area contributed by atoms with E-state index in [-0.39, 0.29) is 5.56 Å². The van der Waals surface area contributed by atoms with E-state index in [0.29, 0.717) is 0 Å². The molecule has 1 heterocycles. The van der Waals surface area contributed by atoms with Gasteiger partial charge in [0, 0.05) is 18.8 Å². The fourth-order valence-electron chi connectivity index (χ4n) is 2.27. The molecule has 1 aromatic carbocycles. The molecule has 2 rings (SSSR count). The first kappa shape index (κ1) is 12.6. The van der Waals surface area contributed by atoms with Crippen LogP contribution in [0.2, 0.25) is 0 Å². The average molecular weight is 241 g/mol. The number of rotatable bonds is 2. The molecule has 0 aliphatic carbocycles. The van der Waals surface area contributed by atoms with Crippen molar-refractivity contribution in [2.24, 2.45) is 7.05 Å². The van der Waals surface area contributed by atoms with Crippen LogP contribution in [0.1, 0.15) is 23.6 Å². The van der Waals surface area contributed by atoms with E-state index in [0.717, 1.165) is 17.5 Å². The van der Waals surface area contributed by atoms with Gasteiger partial charge in [-0.3, -0.25) is 4.79 Å². The summed E-state index contributed by atoms with van der Waals surface area (Å²) in [5.74, 6) is 0. The van der Waals surface area contributed by atoms with Crippen LogP contribution in [0.5, 0.6) is 0 Å². The number of hydrogen-bond donors (Lipinski definition) is 0. The molecule has 0 aliphatic rings. The first-order valence-electron chi connectivity index (χ1n) is 6.30. The van der Waals surface area contributed by atoms with Crippen LogP contribution in [-0.4, -0.2) is 4.57 Å². The zero-order valence-corrected chi connectivity index (χ0v) is 11.4. The van der Waals surface area contributed by atoms with Gasteiger partial charge in [0.1, 0.15) is 0 Å². The molecule has 18 heavy (non-hydrogen) atoms. The van der Waals surface area contributed by atoms with Gasteiger partial charge in [-0.05, 0) is 48.6 Å². The Labute approximate surface area is 108 Å². The Kier molecular flexibility index (Phi) is 3.37. The van der Waals surface area contributed by atoms with Gasteiger partial charge in [0.05, 0.1) is 0 Å². The summed E-state index contributed by atoms with van der Waals surface area (Å²) in [6.07, 6.45) is 2.93. The van der Waals surface area contributed by atoms with Crippen molar-refractivity contribution in [2.75, 3.05) is 0 Å². The molecule has 0 fully saturated rings. The summed E-state index contributed by atoms with van der Waals surface area (Å²) in [7, 11) is 1.80. The summed E-state index contributed by atoms with van der Waals surface area (Å²) in [6.45, 7) is 6.16. The minimum atomic E-state index is 0.0709. The zero-order valence-electron chi connectivity index (χ0n) is 11.4. The first-order valence-corrected chi connectivity index (χ1v) is 6.30. The maximum absolute atomic E-state index is 11.7. The fourth-order valence-corrected chi connectivity index (χ4v) is 2.27. The van der Waals surface area contributed by atoms with Gasteiger partial charge in [0.25, 0.3) is 5.56 Å². The molecule has 0 N–H and O–H groups in total. The maximum Gasteiger partial charge on any atom is 0.253 e. The van der Waals surface area contributed by atoms with Crippen LogP contribution in [0.15, 0.2) is 35.3 Å². The molecule has 0 saturated heterocycles. The van der Waals surface area contributed by atoms with Gasteiger partial charge in [0.15, 0.2) is 0 Å². The molecular weight excluding hydrogens is 222 g/mol. The third-order valence-electron chi connectivity index (χ3n) is 3.43. The number of hydrogen-bond acceptors (Lipinski definition) is 1. The van der Waals surface area contributed by atoms with E-state index in [1.165, 1.54) is 16.7 Å². The SMILES string of the molecule is CCc1cc(-c2cc(C)c(=O)n(C)c2)ccc1C. The van der Waals surface area contributed by atoms with E-state index >= 15 is 0 Å². The molecule has 1 aromatic heterocycles. The molecule has 2 nitrogen and oxygen atoms in total. The average Bonchev–Trinajstić information content (AvgIpc) is 2.36. The lowest BCUT2D eigenvalue weighted by Gasteiger charge is -2.09. The summed E-state index contributed by atoms with van der Waals surface area (Å²) in [5.41, 5.74) is 5.82. The quantitative estimate of drug-likeness (QED) is 0.791. The molecule has 0 saturated carbocycles. The highest BCUT2D eigenvalue weighted by atomic mass is 16.1. The molecule has 0 bridgehead atoms. The number of nitrogens with zero attached hydrogens (tertiary/aromatic N) is 1. The number of pyridine rings is 1. The first-order chi connectivity index (χ1) is 8.52. The van der Waals surface area contributed by atoms with E-state index in [9.17, 15) is 4.79 Å². The Morgan fingerprint density at radius 1 is 1.06 bits per heavy atom. The van der Waals surface area contributed by atoms with E-state index in [1.807, 2.05) is 19.2 Å². The Morgan fingerprint density at radius 2 is 1.78 bits per heavy atom. The maximum atomic E-state index is 11.7. The number of aryl methyl sites for hydroxylation is 4. The van der Waals surface area contributed by atoms with Gasteiger partial charge >= 0.3 is 0 Å². The second kappa shape index (κ2) is 4.81. The lowest BCUT2D eigenvalue weighted by Crippen LogP contribution is -2.18. The summed E-state index contributed by atoms with van der Waals surface area (Å²) < 4.78 is 1.65. The number of aromatic nitrogens is 1. The second-order valence-electron chi connectivity index (χ2n) is 4.82. The van der Waals surface area contributed by atoms with Crippen molar-refractivity contribution < 1.29 is 0 Å². The van der Waals surface area contributed by atoms with E-state index in [2.05, 4.69) is 32.0 Å². The third kappa shape index (κ3) is 2.23. The molecular formula is C16H19NO. The Balaban J connectivity index is 2.59. The Bertz CT molecular complexity index is 612. The molecule has 0 radical (unpaired) electrons. The van der Waals surface area contributed by atoms with Crippen molar-refractivity contribution in [1.82, 2.24) is 4.57 Å². The van der Waals surface area contributed by atoms with Crippen LogP contribution in [-0.2, 0) is 13.5 Å². The van der Waals surface area contributed by atoms with Crippen LogP contribution in [0.25, 0.3) is 11.1 Å². The van der Waals surface area contributed by atoms with Crippen LogP contribution in [0.4, 0.5) is 0 Å². The molecule has 0 spiro atoms. The second-order valence-corrected chi connectivity index (χ2v) is 4.82. The molecule has 94 valence electrons. The molecule has 0 amide bonds. The summed E-state index contributed by atoms with van der Waals surface area (Å²) in [6, 6.07) is 8.45. The van der Waals surface area contributed by atoms with Crippen molar-refractivity contribution >= 4 is 0 Å². The fraction of sp³-hybridized carbons (Fsp3) is 0.312. The van der Waals surface area contributed by atoms with Crippen molar-refractivity contribution in [3.8, 4) is 11.1 Å². The lowest BCUT2D eigenvalue weighted by molar-refractivity contribution is 0.850. The van der Waals surface area contributed by atoms with Crippen molar-refractivity contribution in [3.05, 3.63) is 57.5 Å². The lowest BCUT2D eigenvalue weighted by atomic mass is 9.99. The van der Waals surface area contributed by atoms with Gasteiger partial charge in [-0.1, -0.05) is 25.1 Å². The topological polar surface area (TPSA) is 22.0 Å². The molecule has 2 aromatic rings. The summed E-state index contributed by atoms with van der Waals surface area (Å²) in [5, 5.41) is 0. The summed E-state index contributed by atoms with van der Waals surface area (Å²) >= 11 is 0. The van der Waals surface area contributed by atoms with Crippen molar-refractivity contribution in [2.45, 2.75) is 27.2 Å². The summed E-state index contributed by atoms with van der Waals surface area (Å²) in [4.78, 5) is 11.7. The van der Waals surface area contributed by atoms with E-state index < -0.39 is 0 Å².